The van der Waals surface area contributed by atoms with Gasteiger partial charge in [-0.05, 0) is 31.5 Å². The molecule has 2 aromatic heterocycles. The van der Waals surface area contributed by atoms with E-state index < -0.39 is 0 Å². The van der Waals surface area contributed by atoms with Gasteiger partial charge in [-0.1, -0.05) is 0 Å². The number of anilines is 1. The van der Waals surface area contributed by atoms with Gasteiger partial charge in [0.1, 0.15) is 5.76 Å². The van der Waals surface area contributed by atoms with Crippen molar-refractivity contribution in [2.75, 3.05) is 5.32 Å². The number of aryl methyl sites for hydroxylation is 1. The Bertz CT molecular complexity index is 422. The predicted molar refractivity (Wildman–Crippen MR) is 62.3 cm³/mol. The smallest absolute Gasteiger partial charge is 0.222 e. The zero-order chi connectivity index (χ0) is 11.4. The fourth-order valence-corrected chi connectivity index (χ4v) is 1.47. The van der Waals surface area contributed by atoms with E-state index in [0.29, 0.717) is 5.95 Å². The molecule has 0 saturated heterocycles. The van der Waals surface area contributed by atoms with Gasteiger partial charge in [0.05, 0.1) is 6.26 Å². The molecule has 0 bridgehead atoms. The Kier molecular flexibility index (Phi) is 3.19. The van der Waals surface area contributed by atoms with Gasteiger partial charge in [0.15, 0.2) is 0 Å². The molecule has 1 atom stereocenters. The highest BCUT2D eigenvalue weighted by Gasteiger charge is 2.06. The minimum Gasteiger partial charge on any atom is -0.469 e. The zero-order valence-electron chi connectivity index (χ0n) is 9.47. The lowest BCUT2D eigenvalue weighted by Gasteiger charge is -2.11. The molecule has 2 rings (SSSR count). The third-order valence-corrected chi connectivity index (χ3v) is 2.24. The van der Waals surface area contributed by atoms with Gasteiger partial charge >= 0.3 is 0 Å². The van der Waals surface area contributed by atoms with Gasteiger partial charge in [0.2, 0.25) is 5.95 Å². The highest BCUT2D eigenvalue weighted by atomic mass is 16.3. The van der Waals surface area contributed by atoms with Crippen molar-refractivity contribution in [3.8, 4) is 0 Å². The van der Waals surface area contributed by atoms with Crippen molar-refractivity contribution in [1.82, 2.24) is 9.97 Å². The van der Waals surface area contributed by atoms with Gasteiger partial charge in [-0.2, -0.15) is 0 Å². The molecule has 0 spiro atoms. The highest BCUT2D eigenvalue weighted by molar-refractivity contribution is 5.26. The second-order valence-electron chi connectivity index (χ2n) is 3.91. The number of nitrogens with zero attached hydrogens (tertiary/aromatic N) is 2. The minimum absolute atomic E-state index is 0.244. The molecule has 84 valence electrons. The molecule has 0 radical (unpaired) electrons. The number of rotatable bonds is 4. The van der Waals surface area contributed by atoms with Crippen molar-refractivity contribution in [3.63, 3.8) is 0 Å². The van der Waals surface area contributed by atoms with E-state index in [-0.39, 0.29) is 6.04 Å². The van der Waals surface area contributed by atoms with Crippen LogP contribution in [0.5, 0.6) is 0 Å². The van der Waals surface area contributed by atoms with Crippen molar-refractivity contribution in [2.45, 2.75) is 26.3 Å². The van der Waals surface area contributed by atoms with E-state index in [0.717, 1.165) is 17.7 Å². The molecule has 16 heavy (non-hydrogen) atoms. The maximum absolute atomic E-state index is 5.28. The Morgan fingerprint density at radius 1 is 1.38 bits per heavy atom. The van der Waals surface area contributed by atoms with E-state index in [9.17, 15) is 0 Å². The number of hydrogen-bond acceptors (Lipinski definition) is 4. The molecule has 0 fully saturated rings. The van der Waals surface area contributed by atoms with E-state index in [1.165, 1.54) is 0 Å². The first kappa shape index (κ1) is 10.7. The molecule has 0 aliphatic heterocycles. The molecule has 1 N–H and O–H groups in total. The van der Waals surface area contributed by atoms with Crippen LogP contribution in [0.1, 0.15) is 18.2 Å². The first-order valence-electron chi connectivity index (χ1n) is 5.31. The predicted octanol–water partition coefficient (Wildman–Crippen LogP) is 2.42. The fraction of sp³-hybridized carbons (Fsp3) is 0.333. The average molecular weight is 217 g/mol. The van der Waals surface area contributed by atoms with E-state index in [1.807, 2.05) is 19.1 Å². The molecule has 2 aromatic rings. The van der Waals surface area contributed by atoms with Crippen molar-refractivity contribution >= 4 is 5.95 Å². The van der Waals surface area contributed by atoms with Gasteiger partial charge in [0.25, 0.3) is 0 Å². The average Bonchev–Trinajstić information content (AvgIpc) is 2.74. The summed E-state index contributed by atoms with van der Waals surface area (Å²) in [6.07, 6.45) is 6.11. The van der Waals surface area contributed by atoms with Gasteiger partial charge < -0.3 is 9.73 Å². The molecule has 0 aromatic carbocycles. The van der Waals surface area contributed by atoms with Crippen LogP contribution >= 0.6 is 0 Å². The Morgan fingerprint density at radius 2 is 2.12 bits per heavy atom. The molecule has 4 nitrogen and oxygen atoms in total. The first-order valence-corrected chi connectivity index (χ1v) is 5.31. The summed E-state index contributed by atoms with van der Waals surface area (Å²) in [5.74, 6) is 1.62. The fourth-order valence-electron chi connectivity index (χ4n) is 1.47. The minimum atomic E-state index is 0.244. The van der Waals surface area contributed by atoms with Crippen molar-refractivity contribution in [3.05, 3.63) is 42.1 Å². The number of hydrogen-bond donors (Lipinski definition) is 1. The Labute approximate surface area is 94.7 Å². The van der Waals surface area contributed by atoms with Crippen LogP contribution in [-0.4, -0.2) is 16.0 Å². The lowest BCUT2D eigenvalue weighted by atomic mass is 10.2. The number of nitrogens with one attached hydrogen (secondary N) is 1. The molecule has 0 amide bonds. The second kappa shape index (κ2) is 4.79. The molecule has 2 heterocycles. The summed E-state index contributed by atoms with van der Waals surface area (Å²) >= 11 is 0. The van der Waals surface area contributed by atoms with E-state index in [1.54, 1.807) is 18.7 Å². The summed E-state index contributed by atoms with van der Waals surface area (Å²) < 4.78 is 5.28. The second-order valence-corrected chi connectivity index (χ2v) is 3.91. The van der Waals surface area contributed by atoms with Crippen LogP contribution < -0.4 is 5.32 Å². The standard InChI is InChI=1S/C12H15N3O/c1-9-7-13-12(14-8-9)15-10(2)6-11-4-3-5-16-11/h3-5,7-8,10H,6H2,1-2H3,(H,13,14,15). The maximum Gasteiger partial charge on any atom is 0.222 e. The molecule has 4 heteroatoms. The van der Waals surface area contributed by atoms with Crippen LogP contribution in [-0.2, 0) is 6.42 Å². The molecule has 0 saturated carbocycles. The first-order chi connectivity index (χ1) is 7.74. The maximum atomic E-state index is 5.28. The van der Waals surface area contributed by atoms with Crippen LogP contribution in [0.3, 0.4) is 0 Å². The normalized spacial score (nSPS) is 12.4. The van der Waals surface area contributed by atoms with Crippen LogP contribution in [0, 0.1) is 6.92 Å². The van der Waals surface area contributed by atoms with E-state index >= 15 is 0 Å². The molecular formula is C12H15N3O. The lowest BCUT2D eigenvalue weighted by Crippen LogP contribution is -2.19. The van der Waals surface area contributed by atoms with Gasteiger partial charge in [-0.3, -0.25) is 0 Å². The van der Waals surface area contributed by atoms with Crippen LogP contribution in [0.4, 0.5) is 5.95 Å². The zero-order valence-corrected chi connectivity index (χ0v) is 9.47. The summed E-state index contributed by atoms with van der Waals surface area (Å²) in [6, 6.07) is 4.10. The molecule has 0 aliphatic carbocycles. The summed E-state index contributed by atoms with van der Waals surface area (Å²) in [7, 11) is 0. The van der Waals surface area contributed by atoms with Crippen molar-refractivity contribution < 1.29 is 4.42 Å². The summed E-state index contributed by atoms with van der Waals surface area (Å²) in [6.45, 7) is 4.04. The Hall–Kier alpha value is -1.84. The SMILES string of the molecule is Cc1cnc(NC(C)Cc2ccco2)nc1. The van der Waals surface area contributed by atoms with Crippen molar-refractivity contribution in [2.24, 2.45) is 0 Å². The van der Waals surface area contributed by atoms with Crippen LogP contribution in [0.2, 0.25) is 0 Å². The number of aromatic nitrogens is 2. The Balaban J connectivity index is 1.92. The third-order valence-electron chi connectivity index (χ3n) is 2.24. The number of furan rings is 1. The van der Waals surface area contributed by atoms with Crippen molar-refractivity contribution in [1.29, 1.82) is 0 Å². The molecule has 1 unspecified atom stereocenters. The largest absolute Gasteiger partial charge is 0.469 e. The van der Waals surface area contributed by atoms with Crippen LogP contribution in [0.25, 0.3) is 0 Å². The third kappa shape index (κ3) is 2.82. The van der Waals surface area contributed by atoms with Gasteiger partial charge in [0, 0.05) is 24.9 Å². The van der Waals surface area contributed by atoms with Crippen LogP contribution in [0.15, 0.2) is 35.2 Å². The van der Waals surface area contributed by atoms with E-state index in [2.05, 4.69) is 22.2 Å². The highest BCUT2D eigenvalue weighted by Crippen LogP contribution is 2.07. The quantitative estimate of drug-likeness (QED) is 0.854. The Morgan fingerprint density at radius 3 is 2.75 bits per heavy atom. The van der Waals surface area contributed by atoms with Gasteiger partial charge in [-0.15, -0.1) is 0 Å². The lowest BCUT2D eigenvalue weighted by molar-refractivity contribution is 0.497. The molecule has 0 aliphatic rings. The van der Waals surface area contributed by atoms with E-state index in [4.69, 9.17) is 4.42 Å². The summed E-state index contributed by atoms with van der Waals surface area (Å²) in [5, 5.41) is 3.23. The summed E-state index contributed by atoms with van der Waals surface area (Å²) in [4.78, 5) is 8.39. The summed E-state index contributed by atoms with van der Waals surface area (Å²) in [5.41, 5.74) is 1.06. The van der Waals surface area contributed by atoms with Gasteiger partial charge in [-0.25, -0.2) is 9.97 Å². The monoisotopic (exact) mass is 217 g/mol. The molecular weight excluding hydrogens is 202 g/mol. The topological polar surface area (TPSA) is 51.0 Å².